The van der Waals surface area contributed by atoms with Crippen molar-refractivity contribution in [1.29, 1.82) is 0 Å². The smallest absolute Gasteiger partial charge is 0.265 e. The average Bonchev–Trinajstić information content (AvgIpc) is 2.68. The highest BCUT2D eigenvalue weighted by Gasteiger charge is 2.15. The molecule has 5 nitrogen and oxygen atoms in total. The van der Waals surface area contributed by atoms with Gasteiger partial charge in [0.1, 0.15) is 10.7 Å². The van der Waals surface area contributed by atoms with Crippen LogP contribution in [0.4, 0.5) is 10.9 Å². The molecular weight excluding hydrogens is 256 g/mol. The first kappa shape index (κ1) is 14.1. The van der Waals surface area contributed by atoms with E-state index in [2.05, 4.69) is 22.5 Å². The molecule has 0 fully saturated rings. The van der Waals surface area contributed by atoms with Gasteiger partial charge in [0.25, 0.3) is 5.91 Å². The number of thioether (sulfide) groups is 1. The van der Waals surface area contributed by atoms with E-state index in [1.165, 1.54) is 11.3 Å². The van der Waals surface area contributed by atoms with Crippen molar-refractivity contribution >= 4 is 40.0 Å². The molecule has 7 heteroatoms. The van der Waals surface area contributed by atoms with E-state index in [0.29, 0.717) is 22.4 Å². The van der Waals surface area contributed by atoms with E-state index >= 15 is 0 Å². The highest BCUT2D eigenvalue weighted by Crippen LogP contribution is 2.24. The summed E-state index contributed by atoms with van der Waals surface area (Å²) in [5, 5.41) is 6.64. The summed E-state index contributed by atoms with van der Waals surface area (Å²) in [6.45, 7) is 3.55. The Hall–Kier alpha value is -0.950. The summed E-state index contributed by atoms with van der Waals surface area (Å²) in [5.74, 6) is 1.06. The minimum Gasteiger partial charge on any atom is -0.382 e. The number of hydrogen-bond donors (Lipinski definition) is 3. The molecule has 0 aliphatic rings. The topological polar surface area (TPSA) is 80.0 Å². The van der Waals surface area contributed by atoms with Crippen LogP contribution in [0.2, 0.25) is 0 Å². The van der Waals surface area contributed by atoms with Gasteiger partial charge in [-0.15, -0.1) is 0 Å². The molecule has 17 heavy (non-hydrogen) atoms. The molecular formula is C10H18N4OS2. The maximum atomic E-state index is 11.8. The van der Waals surface area contributed by atoms with E-state index in [1.54, 1.807) is 11.8 Å². The Bertz CT molecular complexity index is 367. The number of amides is 1. The number of nitrogens with zero attached hydrogens (tertiary/aromatic N) is 1. The number of aromatic nitrogens is 1. The van der Waals surface area contributed by atoms with Crippen LogP contribution in [0.15, 0.2) is 0 Å². The Morgan fingerprint density at radius 1 is 1.53 bits per heavy atom. The SMILES string of the molecule is CCCNc1nc(N)c(C(=O)NCCSC)s1. The van der Waals surface area contributed by atoms with Crippen molar-refractivity contribution in [3.05, 3.63) is 4.88 Å². The molecule has 0 saturated heterocycles. The van der Waals surface area contributed by atoms with Gasteiger partial charge in [-0.25, -0.2) is 4.98 Å². The molecule has 1 aromatic rings. The summed E-state index contributed by atoms with van der Waals surface area (Å²) in [4.78, 5) is 16.4. The number of hydrogen-bond acceptors (Lipinski definition) is 6. The van der Waals surface area contributed by atoms with E-state index in [-0.39, 0.29) is 5.91 Å². The molecule has 0 aliphatic carbocycles. The Labute approximate surface area is 110 Å². The summed E-state index contributed by atoms with van der Waals surface area (Å²) in [5.41, 5.74) is 5.71. The number of rotatable bonds is 7. The fourth-order valence-electron chi connectivity index (χ4n) is 1.15. The lowest BCUT2D eigenvalue weighted by Gasteiger charge is -2.01. The third kappa shape index (κ3) is 4.43. The third-order valence-electron chi connectivity index (χ3n) is 1.98. The number of nitrogens with one attached hydrogen (secondary N) is 2. The third-order valence-corrected chi connectivity index (χ3v) is 3.62. The normalized spacial score (nSPS) is 10.2. The Kier molecular flexibility index (Phi) is 6.13. The molecule has 1 rings (SSSR count). The van der Waals surface area contributed by atoms with Gasteiger partial charge in [0.2, 0.25) is 0 Å². The fourth-order valence-corrected chi connectivity index (χ4v) is 2.28. The van der Waals surface area contributed by atoms with Crippen molar-refractivity contribution in [1.82, 2.24) is 10.3 Å². The number of nitrogens with two attached hydrogens (primary N) is 1. The molecule has 0 bridgehead atoms. The first-order valence-electron chi connectivity index (χ1n) is 5.46. The Balaban J connectivity index is 2.57. The van der Waals surface area contributed by atoms with Crippen LogP contribution in [0.1, 0.15) is 23.0 Å². The first-order valence-corrected chi connectivity index (χ1v) is 7.67. The van der Waals surface area contributed by atoms with Gasteiger partial charge in [-0.2, -0.15) is 11.8 Å². The molecule has 0 atom stereocenters. The van der Waals surface area contributed by atoms with Gasteiger partial charge in [0, 0.05) is 18.8 Å². The molecule has 0 aromatic carbocycles. The van der Waals surface area contributed by atoms with Crippen LogP contribution in [-0.2, 0) is 0 Å². The fraction of sp³-hybridized carbons (Fsp3) is 0.600. The van der Waals surface area contributed by atoms with Crippen LogP contribution in [0, 0.1) is 0 Å². The van der Waals surface area contributed by atoms with Crippen molar-refractivity contribution in [3.8, 4) is 0 Å². The molecule has 4 N–H and O–H groups in total. The molecule has 1 aromatic heterocycles. The minimum absolute atomic E-state index is 0.140. The maximum absolute atomic E-state index is 11.8. The van der Waals surface area contributed by atoms with Crippen molar-refractivity contribution in [3.63, 3.8) is 0 Å². The van der Waals surface area contributed by atoms with Crippen LogP contribution >= 0.6 is 23.1 Å². The predicted molar refractivity (Wildman–Crippen MR) is 76.0 cm³/mol. The molecule has 0 radical (unpaired) electrons. The molecule has 0 aliphatic heterocycles. The summed E-state index contributed by atoms with van der Waals surface area (Å²) < 4.78 is 0. The summed E-state index contributed by atoms with van der Waals surface area (Å²) in [6, 6.07) is 0. The standard InChI is InChI=1S/C10H18N4OS2/c1-3-4-13-10-14-8(11)7(17-10)9(15)12-5-6-16-2/h3-6,11H2,1-2H3,(H,12,15)(H,13,14). The molecule has 1 amide bonds. The zero-order valence-electron chi connectivity index (χ0n) is 10.1. The van der Waals surface area contributed by atoms with E-state index in [4.69, 9.17) is 5.73 Å². The van der Waals surface area contributed by atoms with Crippen molar-refractivity contribution in [2.24, 2.45) is 0 Å². The Morgan fingerprint density at radius 3 is 2.94 bits per heavy atom. The highest BCUT2D eigenvalue weighted by molar-refractivity contribution is 7.98. The van der Waals surface area contributed by atoms with Crippen molar-refractivity contribution < 1.29 is 4.79 Å². The van der Waals surface area contributed by atoms with Crippen molar-refractivity contribution in [2.45, 2.75) is 13.3 Å². The van der Waals surface area contributed by atoms with Crippen molar-refractivity contribution in [2.75, 3.05) is 36.1 Å². The molecule has 0 saturated carbocycles. The van der Waals surface area contributed by atoms with E-state index in [0.717, 1.165) is 18.7 Å². The molecule has 1 heterocycles. The average molecular weight is 274 g/mol. The van der Waals surface area contributed by atoms with Crippen LogP contribution in [0.5, 0.6) is 0 Å². The summed E-state index contributed by atoms with van der Waals surface area (Å²) in [7, 11) is 0. The molecule has 0 spiro atoms. The second-order valence-electron chi connectivity index (χ2n) is 3.41. The van der Waals surface area contributed by atoms with Crippen LogP contribution in [0.25, 0.3) is 0 Å². The second-order valence-corrected chi connectivity index (χ2v) is 5.39. The second kappa shape index (κ2) is 7.39. The van der Waals surface area contributed by atoms with Crippen LogP contribution in [-0.4, -0.2) is 36.0 Å². The Morgan fingerprint density at radius 2 is 2.29 bits per heavy atom. The van der Waals surface area contributed by atoms with E-state index in [1.807, 2.05) is 6.26 Å². The lowest BCUT2D eigenvalue weighted by Crippen LogP contribution is -2.25. The van der Waals surface area contributed by atoms with Crippen LogP contribution < -0.4 is 16.4 Å². The van der Waals surface area contributed by atoms with Gasteiger partial charge >= 0.3 is 0 Å². The number of carbonyl (C=O) groups is 1. The number of carbonyl (C=O) groups excluding carboxylic acids is 1. The lowest BCUT2D eigenvalue weighted by molar-refractivity contribution is 0.0961. The van der Waals surface area contributed by atoms with Gasteiger partial charge < -0.3 is 16.4 Å². The van der Waals surface area contributed by atoms with Gasteiger partial charge in [-0.1, -0.05) is 18.3 Å². The lowest BCUT2D eigenvalue weighted by atomic mass is 10.4. The quantitative estimate of drug-likeness (QED) is 0.659. The first-order chi connectivity index (χ1) is 8.19. The monoisotopic (exact) mass is 274 g/mol. The van der Waals surface area contributed by atoms with Gasteiger partial charge in [0.05, 0.1) is 0 Å². The van der Waals surface area contributed by atoms with E-state index < -0.39 is 0 Å². The highest BCUT2D eigenvalue weighted by atomic mass is 32.2. The van der Waals surface area contributed by atoms with Gasteiger partial charge in [0.15, 0.2) is 5.13 Å². The number of anilines is 2. The molecule has 0 unspecified atom stereocenters. The molecule has 96 valence electrons. The zero-order chi connectivity index (χ0) is 12.7. The van der Waals surface area contributed by atoms with Gasteiger partial charge in [-0.3, -0.25) is 4.79 Å². The summed E-state index contributed by atoms with van der Waals surface area (Å²) >= 11 is 2.99. The zero-order valence-corrected chi connectivity index (χ0v) is 11.7. The largest absolute Gasteiger partial charge is 0.382 e. The predicted octanol–water partition coefficient (Wildman–Crippen LogP) is 1.64. The summed E-state index contributed by atoms with van der Waals surface area (Å²) in [6.07, 6.45) is 3.01. The number of nitrogen functional groups attached to an aromatic ring is 1. The maximum Gasteiger partial charge on any atom is 0.265 e. The van der Waals surface area contributed by atoms with E-state index in [9.17, 15) is 4.79 Å². The van der Waals surface area contributed by atoms with Gasteiger partial charge in [-0.05, 0) is 12.7 Å². The number of thiazole rings is 1. The minimum atomic E-state index is -0.140. The van der Waals surface area contributed by atoms with Crippen LogP contribution in [0.3, 0.4) is 0 Å².